The Bertz CT molecular complexity index is 407. The lowest BCUT2D eigenvalue weighted by Crippen LogP contribution is -2.17. The molecule has 7 heteroatoms. The van der Waals surface area contributed by atoms with E-state index in [1.165, 1.54) is 0 Å². The smallest absolute Gasteiger partial charge is 0.364 e. The molecule has 0 aromatic carbocycles. The van der Waals surface area contributed by atoms with Gasteiger partial charge in [-0.05, 0) is 18.9 Å². The average Bonchev–Trinajstić information content (AvgIpc) is 2.97. The molecule has 1 aromatic heterocycles. The Morgan fingerprint density at radius 1 is 1.35 bits per heavy atom. The van der Waals surface area contributed by atoms with E-state index < -0.39 is 12.8 Å². The van der Waals surface area contributed by atoms with Crippen molar-refractivity contribution in [1.29, 1.82) is 0 Å². The molecule has 0 aliphatic heterocycles. The van der Waals surface area contributed by atoms with Crippen molar-refractivity contribution in [3.05, 3.63) is 22.7 Å². The molecule has 0 saturated heterocycles. The number of halogens is 4. The molecular weight excluding hydrogens is 257 g/mol. The topological polar surface area (TPSA) is 35.0 Å². The zero-order valence-electron chi connectivity index (χ0n) is 8.80. The lowest BCUT2D eigenvalue weighted by atomic mass is 10.3. The van der Waals surface area contributed by atoms with Gasteiger partial charge in [0, 0.05) is 11.6 Å². The van der Waals surface area contributed by atoms with E-state index in [0.717, 1.165) is 18.5 Å². The van der Waals surface area contributed by atoms with Crippen LogP contribution < -0.4 is 0 Å². The fraction of sp³-hybridized carbons (Fsp3) is 0.600. The second-order valence-electron chi connectivity index (χ2n) is 3.91. The van der Waals surface area contributed by atoms with Crippen molar-refractivity contribution in [3.63, 3.8) is 0 Å². The van der Waals surface area contributed by atoms with Gasteiger partial charge in [0.2, 0.25) is 0 Å². The van der Waals surface area contributed by atoms with Gasteiger partial charge in [-0.15, -0.1) is 0 Å². The van der Waals surface area contributed by atoms with E-state index in [4.69, 9.17) is 11.6 Å². The molecule has 0 atom stereocenters. The summed E-state index contributed by atoms with van der Waals surface area (Å²) in [6.07, 6.45) is -2.26. The van der Waals surface area contributed by atoms with E-state index >= 15 is 0 Å². The Balaban J connectivity index is 1.95. The van der Waals surface area contributed by atoms with Crippen LogP contribution in [0.3, 0.4) is 0 Å². The fourth-order valence-electron chi connectivity index (χ4n) is 1.39. The molecular formula is C10H10ClF3N2O. The summed E-state index contributed by atoms with van der Waals surface area (Å²) in [6.45, 7) is -1.58. The first kappa shape index (κ1) is 12.6. The highest BCUT2D eigenvalue weighted by molar-refractivity contribution is 6.29. The first-order valence-electron chi connectivity index (χ1n) is 5.12. The van der Waals surface area contributed by atoms with Crippen molar-refractivity contribution in [2.75, 3.05) is 6.61 Å². The molecule has 94 valence electrons. The average molecular weight is 267 g/mol. The normalized spacial score (nSPS) is 16.2. The summed E-state index contributed by atoms with van der Waals surface area (Å²) in [5, 5.41) is 0.243. The second kappa shape index (κ2) is 4.78. The third kappa shape index (κ3) is 4.12. The minimum atomic E-state index is -4.34. The molecule has 2 rings (SSSR count). The van der Waals surface area contributed by atoms with Crippen LogP contribution in [0.4, 0.5) is 13.2 Å². The summed E-state index contributed by atoms with van der Waals surface area (Å²) in [5.41, 5.74) is 0.788. The Kier molecular flexibility index (Phi) is 3.53. The summed E-state index contributed by atoms with van der Waals surface area (Å²) in [7, 11) is 0. The molecule has 0 bridgehead atoms. The molecule has 17 heavy (non-hydrogen) atoms. The van der Waals surface area contributed by atoms with E-state index in [2.05, 4.69) is 14.7 Å². The van der Waals surface area contributed by atoms with Crippen LogP contribution in [0.5, 0.6) is 0 Å². The number of nitrogens with zero attached hydrogens (tertiary/aromatic N) is 2. The molecule has 0 unspecified atom stereocenters. The summed E-state index contributed by atoms with van der Waals surface area (Å²) in [5.74, 6) is 0.570. The maximum absolute atomic E-state index is 11.9. The van der Waals surface area contributed by atoms with Crippen LogP contribution in [0.15, 0.2) is 6.07 Å². The highest BCUT2D eigenvalue weighted by Gasteiger charge is 2.28. The molecule has 1 heterocycles. The number of hydrogen-bond acceptors (Lipinski definition) is 3. The summed E-state index contributed by atoms with van der Waals surface area (Å²) in [4.78, 5) is 7.95. The number of alkyl halides is 3. The molecule has 3 nitrogen and oxygen atoms in total. The highest BCUT2D eigenvalue weighted by Crippen LogP contribution is 2.39. The van der Waals surface area contributed by atoms with Gasteiger partial charge in [0.1, 0.15) is 18.4 Å². The van der Waals surface area contributed by atoms with Crippen LogP contribution in [0.2, 0.25) is 5.15 Å². The third-order valence-corrected chi connectivity index (χ3v) is 2.45. The predicted octanol–water partition coefficient (Wildman–Crippen LogP) is 3.09. The SMILES string of the molecule is FC(F)(F)COCc1nc(Cl)cc(C2CC2)n1. The van der Waals surface area contributed by atoms with Gasteiger partial charge in [0.25, 0.3) is 0 Å². The van der Waals surface area contributed by atoms with Crippen molar-refractivity contribution in [3.8, 4) is 0 Å². The van der Waals surface area contributed by atoms with Gasteiger partial charge in [-0.1, -0.05) is 11.6 Å². The van der Waals surface area contributed by atoms with E-state index in [0.29, 0.717) is 5.92 Å². The van der Waals surface area contributed by atoms with Gasteiger partial charge in [0.15, 0.2) is 5.82 Å². The van der Waals surface area contributed by atoms with Crippen LogP contribution in [0.25, 0.3) is 0 Å². The lowest BCUT2D eigenvalue weighted by Gasteiger charge is -2.07. The second-order valence-corrected chi connectivity index (χ2v) is 4.30. The van der Waals surface area contributed by atoms with Gasteiger partial charge in [-0.3, -0.25) is 0 Å². The lowest BCUT2D eigenvalue weighted by molar-refractivity contribution is -0.177. The largest absolute Gasteiger partial charge is 0.411 e. The van der Waals surface area contributed by atoms with Gasteiger partial charge < -0.3 is 4.74 Å². The highest BCUT2D eigenvalue weighted by atomic mass is 35.5. The number of ether oxygens (including phenoxy) is 1. The number of aromatic nitrogens is 2. The summed E-state index contributed by atoms with van der Waals surface area (Å²) >= 11 is 5.76. The van der Waals surface area contributed by atoms with Gasteiger partial charge in [-0.25, -0.2) is 9.97 Å². The van der Waals surface area contributed by atoms with Crippen molar-refractivity contribution < 1.29 is 17.9 Å². The Morgan fingerprint density at radius 2 is 2.06 bits per heavy atom. The Morgan fingerprint density at radius 3 is 2.65 bits per heavy atom. The minimum absolute atomic E-state index is 0.198. The third-order valence-electron chi connectivity index (χ3n) is 2.25. The van der Waals surface area contributed by atoms with Crippen LogP contribution in [-0.4, -0.2) is 22.8 Å². The molecule has 1 aromatic rings. The van der Waals surface area contributed by atoms with Crippen molar-refractivity contribution in [1.82, 2.24) is 9.97 Å². The maximum atomic E-state index is 11.9. The van der Waals surface area contributed by atoms with Crippen molar-refractivity contribution in [2.45, 2.75) is 31.5 Å². The standard InChI is InChI=1S/C10H10ClF3N2O/c11-8-3-7(6-1-2-6)15-9(16-8)4-17-5-10(12,13)14/h3,6H,1-2,4-5H2. The first-order chi connectivity index (χ1) is 7.94. The first-order valence-corrected chi connectivity index (χ1v) is 5.50. The van der Waals surface area contributed by atoms with Crippen molar-refractivity contribution >= 4 is 11.6 Å². The molecule has 0 spiro atoms. The van der Waals surface area contributed by atoms with Gasteiger partial charge in [-0.2, -0.15) is 13.2 Å². The predicted molar refractivity (Wildman–Crippen MR) is 54.7 cm³/mol. The van der Waals surface area contributed by atoms with Gasteiger partial charge in [0.05, 0.1) is 0 Å². The van der Waals surface area contributed by atoms with Crippen LogP contribution in [-0.2, 0) is 11.3 Å². The van der Waals surface area contributed by atoms with E-state index in [9.17, 15) is 13.2 Å². The minimum Gasteiger partial charge on any atom is -0.364 e. The monoisotopic (exact) mass is 266 g/mol. The number of rotatable bonds is 4. The molecule has 1 aliphatic carbocycles. The molecule has 1 fully saturated rings. The zero-order valence-corrected chi connectivity index (χ0v) is 9.55. The molecule has 0 radical (unpaired) electrons. The molecule has 0 N–H and O–H groups in total. The van der Waals surface area contributed by atoms with E-state index in [1.54, 1.807) is 6.07 Å². The summed E-state index contributed by atoms with van der Waals surface area (Å²) in [6, 6.07) is 1.65. The van der Waals surface area contributed by atoms with Crippen LogP contribution in [0, 0.1) is 0 Å². The van der Waals surface area contributed by atoms with E-state index in [-0.39, 0.29) is 17.6 Å². The molecule has 1 saturated carbocycles. The Labute approximate surface area is 101 Å². The summed E-state index contributed by atoms with van der Waals surface area (Å²) < 4.78 is 40.1. The quantitative estimate of drug-likeness (QED) is 0.786. The van der Waals surface area contributed by atoms with Gasteiger partial charge >= 0.3 is 6.18 Å². The zero-order chi connectivity index (χ0) is 12.5. The molecule has 0 amide bonds. The number of hydrogen-bond donors (Lipinski definition) is 0. The van der Waals surface area contributed by atoms with Crippen molar-refractivity contribution in [2.24, 2.45) is 0 Å². The maximum Gasteiger partial charge on any atom is 0.411 e. The van der Waals surface area contributed by atoms with Crippen LogP contribution >= 0.6 is 11.6 Å². The molecule has 1 aliphatic rings. The van der Waals surface area contributed by atoms with E-state index in [1.807, 2.05) is 0 Å². The fourth-order valence-corrected chi connectivity index (χ4v) is 1.60. The van der Waals surface area contributed by atoms with Crippen LogP contribution in [0.1, 0.15) is 30.3 Å². The Hall–Kier alpha value is -0.880.